The van der Waals surface area contributed by atoms with E-state index in [1.165, 1.54) is 7.11 Å². The van der Waals surface area contributed by atoms with Crippen LogP contribution >= 0.6 is 0 Å². The minimum atomic E-state index is -1.68. The van der Waals surface area contributed by atoms with Crippen molar-refractivity contribution >= 4 is 29.7 Å². The average molecular weight is 541 g/mol. The van der Waals surface area contributed by atoms with E-state index in [9.17, 15) is 24.0 Å². The summed E-state index contributed by atoms with van der Waals surface area (Å²) in [5.41, 5.74) is 7.55. The van der Waals surface area contributed by atoms with Gasteiger partial charge < -0.3 is 35.4 Å². The van der Waals surface area contributed by atoms with Gasteiger partial charge >= 0.3 is 11.9 Å². The Balaban J connectivity index is 1.90. The molecule has 2 aromatic carbocycles. The van der Waals surface area contributed by atoms with Gasteiger partial charge in [0, 0.05) is 25.1 Å². The Bertz CT molecular complexity index is 1200. The molecule has 4 N–H and O–H groups in total. The number of carboxylic acid groups (broad SMARTS) is 1. The van der Waals surface area contributed by atoms with E-state index in [4.69, 9.17) is 20.3 Å². The number of carbonyl (C=O) groups excluding carboxylic acids is 4. The van der Waals surface area contributed by atoms with Gasteiger partial charge in [0.1, 0.15) is 18.3 Å². The largest absolute Gasteiger partial charge is 0.497 e. The third kappa shape index (κ3) is 7.32. The van der Waals surface area contributed by atoms with Crippen LogP contribution in [-0.4, -0.2) is 97.0 Å². The van der Waals surface area contributed by atoms with Crippen molar-refractivity contribution in [3.8, 4) is 5.75 Å². The number of amides is 3. The standard InChI is InChI=1S/C27H32N4O8/c1-38-20-9-5-18(6-10-20)15-21(29-24(34)19-7-3-17(4-8-19)11-12-28)25(35)31-14-13-30(16-22(32)33)26(36)23(31)27(37)39-2/h3-10,21,23H,11-16,28H2,1-2H3,(H,29,34)(H,32,33)/t21-,23?/m0/s1. The molecule has 2 aromatic rings. The first-order chi connectivity index (χ1) is 18.7. The highest BCUT2D eigenvalue weighted by Gasteiger charge is 2.45. The molecule has 1 aliphatic rings. The van der Waals surface area contributed by atoms with Crippen LogP contribution < -0.4 is 15.8 Å². The quantitative estimate of drug-likeness (QED) is 0.259. The third-order valence-electron chi connectivity index (χ3n) is 6.35. The van der Waals surface area contributed by atoms with E-state index >= 15 is 0 Å². The summed E-state index contributed by atoms with van der Waals surface area (Å²) in [4.78, 5) is 65.8. The Morgan fingerprint density at radius 1 is 1.03 bits per heavy atom. The van der Waals surface area contributed by atoms with E-state index in [2.05, 4.69) is 5.32 Å². The number of aliphatic carboxylic acids is 1. The van der Waals surface area contributed by atoms with E-state index in [-0.39, 0.29) is 19.5 Å². The van der Waals surface area contributed by atoms with Crippen LogP contribution in [0.4, 0.5) is 0 Å². The second kappa shape index (κ2) is 13.4. The first-order valence-corrected chi connectivity index (χ1v) is 12.3. The zero-order valence-electron chi connectivity index (χ0n) is 21.8. The Kier molecular flexibility index (Phi) is 9.98. The van der Waals surface area contributed by atoms with Crippen molar-refractivity contribution in [3.63, 3.8) is 0 Å². The Hall–Kier alpha value is -4.45. The summed E-state index contributed by atoms with van der Waals surface area (Å²) < 4.78 is 9.94. The molecule has 0 radical (unpaired) electrons. The number of nitrogens with one attached hydrogen (secondary N) is 1. The topological polar surface area (TPSA) is 169 Å². The van der Waals surface area contributed by atoms with Crippen molar-refractivity contribution in [1.82, 2.24) is 15.1 Å². The van der Waals surface area contributed by atoms with Gasteiger partial charge in [-0.05, 0) is 48.4 Å². The van der Waals surface area contributed by atoms with E-state index in [0.29, 0.717) is 29.8 Å². The Morgan fingerprint density at radius 3 is 2.23 bits per heavy atom. The van der Waals surface area contributed by atoms with Crippen LogP contribution in [0.5, 0.6) is 5.75 Å². The zero-order valence-corrected chi connectivity index (χ0v) is 21.8. The molecule has 0 bridgehead atoms. The highest BCUT2D eigenvalue weighted by Crippen LogP contribution is 2.18. The number of nitrogens with zero attached hydrogens (tertiary/aromatic N) is 2. The van der Waals surface area contributed by atoms with Gasteiger partial charge in [0.2, 0.25) is 11.9 Å². The van der Waals surface area contributed by atoms with Gasteiger partial charge in [0.25, 0.3) is 11.8 Å². The van der Waals surface area contributed by atoms with E-state index in [1.807, 2.05) is 0 Å². The van der Waals surface area contributed by atoms with Gasteiger partial charge in [0.15, 0.2) is 0 Å². The van der Waals surface area contributed by atoms with Crippen molar-refractivity contribution in [3.05, 3.63) is 65.2 Å². The molecule has 0 spiro atoms. The van der Waals surface area contributed by atoms with E-state index in [0.717, 1.165) is 22.5 Å². The number of esters is 1. The predicted octanol–water partition coefficient (Wildman–Crippen LogP) is -0.165. The number of benzene rings is 2. The monoisotopic (exact) mass is 540 g/mol. The highest BCUT2D eigenvalue weighted by molar-refractivity contribution is 6.07. The lowest BCUT2D eigenvalue weighted by atomic mass is 10.0. The fourth-order valence-corrected chi connectivity index (χ4v) is 4.30. The summed E-state index contributed by atoms with van der Waals surface area (Å²) in [5, 5.41) is 11.9. The smallest absolute Gasteiger partial charge is 0.338 e. The van der Waals surface area contributed by atoms with Crippen molar-refractivity contribution in [2.75, 3.05) is 40.4 Å². The van der Waals surface area contributed by atoms with Gasteiger partial charge in [-0.2, -0.15) is 0 Å². The minimum Gasteiger partial charge on any atom is -0.497 e. The molecule has 1 unspecified atom stereocenters. The summed E-state index contributed by atoms with van der Waals surface area (Å²) in [6, 6.07) is 10.9. The van der Waals surface area contributed by atoms with Gasteiger partial charge in [-0.25, -0.2) is 4.79 Å². The minimum absolute atomic E-state index is 0.0528. The van der Waals surface area contributed by atoms with Crippen molar-refractivity contribution < 1.29 is 38.6 Å². The number of piperazine rings is 1. The zero-order chi connectivity index (χ0) is 28.5. The number of hydrogen-bond donors (Lipinski definition) is 3. The maximum atomic E-state index is 13.8. The third-order valence-corrected chi connectivity index (χ3v) is 6.35. The lowest BCUT2D eigenvalue weighted by Gasteiger charge is -2.40. The molecule has 1 aliphatic heterocycles. The molecule has 0 aliphatic carbocycles. The van der Waals surface area contributed by atoms with Crippen molar-refractivity contribution in [1.29, 1.82) is 0 Å². The van der Waals surface area contributed by atoms with Crippen molar-refractivity contribution in [2.45, 2.75) is 24.9 Å². The molecule has 208 valence electrons. The van der Waals surface area contributed by atoms with Crippen LogP contribution in [0.25, 0.3) is 0 Å². The summed E-state index contributed by atoms with van der Waals surface area (Å²) >= 11 is 0. The lowest BCUT2D eigenvalue weighted by molar-refractivity contribution is -0.167. The predicted molar refractivity (Wildman–Crippen MR) is 139 cm³/mol. The SMILES string of the molecule is COC(=O)C1C(=O)N(CC(=O)O)CCN1C(=O)[C@H](Cc1ccc(OC)cc1)NC(=O)c1ccc(CCN)cc1. The number of carboxylic acids is 1. The number of rotatable bonds is 11. The fourth-order valence-electron chi connectivity index (χ4n) is 4.30. The maximum absolute atomic E-state index is 13.8. The molecule has 3 rings (SSSR count). The molecule has 39 heavy (non-hydrogen) atoms. The second-order valence-electron chi connectivity index (χ2n) is 8.92. The Labute approximate surface area is 225 Å². The molecule has 12 heteroatoms. The molecule has 1 heterocycles. The average Bonchev–Trinajstić information content (AvgIpc) is 2.93. The molecule has 2 atom stereocenters. The van der Waals surface area contributed by atoms with Crippen LogP contribution in [0.2, 0.25) is 0 Å². The molecular weight excluding hydrogens is 508 g/mol. The van der Waals surface area contributed by atoms with Crippen LogP contribution in [0.3, 0.4) is 0 Å². The number of carbonyl (C=O) groups is 5. The first-order valence-electron chi connectivity index (χ1n) is 12.3. The molecule has 1 fully saturated rings. The van der Waals surface area contributed by atoms with Gasteiger partial charge in [-0.15, -0.1) is 0 Å². The first kappa shape index (κ1) is 29.1. The van der Waals surface area contributed by atoms with Crippen LogP contribution in [-0.2, 0) is 36.8 Å². The number of hydrogen-bond acceptors (Lipinski definition) is 8. The molecule has 0 aromatic heterocycles. The van der Waals surface area contributed by atoms with Gasteiger partial charge in [-0.3, -0.25) is 19.2 Å². The number of ether oxygens (including phenoxy) is 2. The molecule has 3 amide bonds. The molecule has 0 saturated carbocycles. The summed E-state index contributed by atoms with van der Waals surface area (Å²) in [6.07, 6.45) is 0.703. The molecular formula is C27H32N4O8. The second-order valence-corrected chi connectivity index (χ2v) is 8.92. The summed E-state index contributed by atoms with van der Waals surface area (Å²) in [6.45, 7) is -0.388. The highest BCUT2D eigenvalue weighted by atomic mass is 16.5. The lowest BCUT2D eigenvalue weighted by Crippen LogP contribution is -2.65. The van der Waals surface area contributed by atoms with Gasteiger partial charge in [0.05, 0.1) is 14.2 Å². The number of nitrogens with two attached hydrogens (primary N) is 1. The van der Waals surface area contributed by atoms with Crippen molar-refractivity contribution in [2.24, 2.45) is 5.73 Å². The maximum Gasteiger partial charge on any atom is 0.338 e. The van der Waals surface area contributed by atoms with E-state index in [1.54, 1.807) is 48.5 Å². The fraction of sp³-hybridized carbons (Fsp3) is 0.370. The molecule has 1 saturated heterocycles. The normalized spacial score (nSPS) is 15.9. The Morgan fingerprint density at radius 2 is 1.67 bits per heavy atom. The summed E-state index contributed by atoms with van der Waals surface area (Å²) in [5.74, 6) is -3.73. The van der Waals surface area contributed by atoms with Crippen LogP contribution in [0.1, 0.15) is 21.5 Å². The summed E-state index contributed by atoms with van der Waals surface area (Å²) in [7, 11) is 2.59. The molecule has 12 nitrogen and oxygen atoms in total. The van der Waals surface area contributed by atoms with Crippen LogP contribution in [0, 0.1) is 0 Å². The van der Waals surface area contributed by atoms with Gasteiger partial charge in [-0.1, -0.05) is 24.3 Å². The van der Waals surface area contributed by atoms with E-state index < -0.39 is 48.3 Å². The van der Waals surface area contributed by atoms with Crippen LogP contribution in [0.15, 0.2) is 48.5 Å². The number of methoxy groups -OCH3 is 2.